The predicted octanol–water partition coefficient (Wildman–Crippen LogP) is 3.61. The molecule has 0 fully saturated rings. The Bertz CT molecular complexity index is 903. The second-order valence-electron chi connectivity index (χ2n) is 6.58. The van der Waals surface area contributed by atoms with Crippen LogP contribution in [0.2, 0.25) is 0 Å². The van der Waals surface area contributed by atoms with Gasteiger partial charge in [0.25, 0.3) is 5.91 Å². The van der Waals surface area contributed by atoms with Crippen molar-refractivity contribution >= 4 is 11.8 Å². The van der Waals surface area contributed by atoms with Gasteiger partial charge in [-0.1, -0.05) is 79.7 Å². The first-order valence-corrected chi connectivity index (χ1v) is 9.57. The van der Waals surface area contributed by atoms with Crippen molar-refractivity contribution in [1.82, 2.24) is 10.9 Å². The largest absolute Gasteiger partial charge is 0.484 e. The molecule has 0 radical (unpaired) electrons. The Morgan fingerprint density at radius 3 is 2.03 bits per heavy atom. The molecule has 0 unspecified atom stereocenters. The molecule has 0 atom stereocenters. The standard InChI is InChI=1S/C24H24N2O3/c1-2-18-10-9-15-21(16-18)29-17-22(27)25-26-24(28)23(19-11-5-3-6-12-19)20-13-7-4-8-14-20/h3-16,23H,2,17H2,1H3,(H,25,27)(H,26,28). The van der Waals surface area contributed by atoms with Crippen molar-refractivity contribution < 1.29 is 14.3 Å². The molecule has 0 heterocycles. The van der Waals surface area contributed by atoms with E-state index in [0.29, 0.717) is 5.75 Å². The van der Waals surface area contributed by atoms with Gasteiger partial charge in [-0.05, 0) is 35.2 Å². The van der Waals surface area contributed by atoms with E-state index < -0.39 is 11.8 Å². The van der Waals surface area contributed by atoms with Gasteiger partial charge in [0.05, 0.1) is 5.92 Å². The number of carbonyl (C=O) groups is 2. The molecule has 29 heavy (non-hydrogen) atoms. The third-order valence-electron chi connectivity index (χ3n) is 4.53. The number of hydrogen-bond donors (Lipinski definition) is 2. The lowest BCUT2D eigenvalue weighted by Crippen LogP contribution is -2.46. The van der Waals surface area contributed by atoms with Crippen molar-refractivity contribution in [2.45, 2.75) is 19.3 Å². The number of ether oxygens (including phenoxy) is 1. The Labute approximate surface area is 170 Å². The van der Waals surface area contributed by atoms with E-state index in [1.165, 1.54) is 0 Å². The molecule has 0 saturated heterocycles. The SMILES string of the molecule is CCc1cccc(OCC(=O)NNC(=O)C(c2ccccc2)c2ccccc2)c1. The zero-order valence-electron chi connectivity index (χ0n) is 16.3. The Kier molecular flexibility index (Phi) is 7.00. The molecule has 0 aliphatic rings. The molecule has 2 amide bonds. The van der Waals surface area contributed by atoms with Gasteiger partial charge < -0.3 is 4.74 Å². The van der Waals surface area contributed by atoms with Crippen LogP contribution < -0.4 is 15.6 Å². The third-order valence-corrected chi connectivity index (χ3v) is 4.53. The molecule has 0 spiro atoms. The van der Waals surface area contributed by atoms with Crippen molar-refractivity contribution in [3.63, 3.8) is 0 Å². The van der Waals surface area contributed by atoms with E-state index in [4.69, 9.17) is 4.74 Å². The molecule has 148 valence electrons. The summed E-state index contributed by atoms with van der Waals surface area (Å²) in [7, 11) is 0. The van der Waals surface area contributed by atoms with E-state index >= 15 is 0 Å². The van der Waals surface area contributed by atoms with E-state index in [-0.39, 0.29) is 12.5 Å². The summed E-state index contributed by atoms with van der Waals surface area (Å²) in [5.41, 5.74) is 7.78. The Balaban J connectivity index is 1.60. The number of rotatable bonds is 7. The van der Waals surface area contributed by atoms with Crippen molar-refractivity contribution in [2.24, 2.45) is 0 Å². The van der Waals surface area contributed by atoms with Gasteiger partial charge in [-0.3, -0.25) is 20.4 Å². The van der Waals surface area contributed by atoms with E-state index in [9.17, 15) is 9.59 Å². The molecule has 0 aliphatic carbocycles. The minimum absolute atomic E-state index is 0.186. The fraction of sp³-hybridized carbons (Fsp3) is 0.167. The molecule has 5 heteroatoms. The normalized spacial score (nSPS) is 10.4. The molecule has 0 bridgehead atoms. The third kappa shape index (κ3) is 5.69. The average molecular weight is 388 g/mol. The molecule has 0 aliphatic heterocycles. The van der Waals surface area contributed by atoms with Crippen LogP contribution in [0.5, 0.6) is 5.75 Å². The maximum absolute atomic E-state index is 12.8. The number of hydrogen-bond acceptors (Lipinski definition) is 3. The summed E-state index contributed by atoms with van der Waals surface area (Å²) in [5.74, 6) is -0.652. The molecule has 0 aromatic heterocycles. The fourth-order valence-electron chi connectivity index (χ4n) is 3.03. The molecule has 5 nitrogen and oxygen atoms in total. The molecular weight excluding hydrogens is 364 g/mol. The summed E-state index contributed by atoms with van der Waals surface area (Å²) in [5, 5.41) is 0. The van der Waals surface area contributed by atoms with Gasteiger partial charge >= 0.3 is 0 Å². The van der Waals surface area contributed by atoms with Crippen LogP contribution in [0.4, 0.5) is 0 Å². The van der Waals surface area contributed by atoms with Gasteiger partial charge in [0.15, 0.2) is 6.61 Å². The first-order chi connectivity index (χ1) is 14.2. The van der Waals surface area contributed by atoms with Crippen molar-refractivity contribution in [2.75, 3.05) is 6.61 Å². The molecule has 3 aromatic carbocycles. The predicted molar refractivity (Wildman–Crippen MR) is 112 cm³/mol. The molecular formula is C24H24N2O3. The summed E-state index contributed by atoms with van der Waals surface area (Å²) in [6.45, 7) is 1.87. The van der Waals surface area contributed by atoms with E-state index in [0.717, 1.165) is 23.1 Å². The van der Waals surface area contributed by atoms with Crippen molar-refractivity contribution in [1.29, 1.82) is 0 Å². The van der Waals surface area contributed by atoms with Gasteiger partial charge in [-0.15, -0.1) is 0 Å². The maximum Gasteiger partial charge on any atom is 0.276 e. The smallest absolute Gasteiger partial charge is 0.276 e. The summed E-state index contributed by atoms with van der Waals surface area (Å²) in [6.07, 6.45) is 0.889. The molecule has 2 N–H and O–H groups in total. The Morgan fingerprint density at radius 1 is 0.828 bits per heavy atom. The monoisotopic (exact) mass is 388 g/mol. The highest BCUT2D eigenvalue weighted by Crippen LogP contribution is 2.24. The number of amides is 2. The lowest BCUT2D eigenvalue weighted by Gasteiger charge is -2.18. The van der Waals surface area contributed by atoms with Crippen LogP contribution in [0.25, 0.3) is 0 Å². The average Bonchev–Trinajstić information content (AvgIpc) is 2.78. The summed E-state index contributed by atoms with van der Waals surface area (Å²) in [4.78, 5) is 25.0. The zero-order chi connectivity index (χ0) is 20.5. The summed E-state index contributed by atoms with van der Waals surface area (Å²) >= 11 is 0. The van der Waals surface area contributed by atoms with Gasteiger partial charge in [0.1, 0.15) is 5.75 Å². The van der Waals surface area contributed by atoms with Crippen LogP contribution >= 0.6 is 0 Å². The quantitative estimate of drug-likeness (QED) is 0.608. The highest BCUT2D eigenvalue weighted by Gasteiger charge is 2.22. The van der Waals surface area contributed by atoms with Gasteiger partial charge in [0, 0.05) is 0 Å². The fourth-order valence-corrected chi connectivity index (χ4v) is 3.03. The summed E-state index contributed by atoms with van der Waals surface area (Å²) < 4.78 is 5.51. The van der Waals surface area contributed by atoms with Crippen LogP contribution in [-0.2, 0) is 16.0 Å². The Hall–Kier alpha value is -3.60. The molecule has 3 aromatic rings. The van der Waals surface area contributed by atoms with E-state index in [1.54, 1.807) is 6.07 Å². The molecule has 3 rings (SSSR count). The molecule has 0 saturated carbocycles. The minimum atomic E-state index is -0.528. The van der Waals surface area contributed by atoms with Crippen molar-refractivity contribution in [3.8, 4) is 5.75 Å². The number of benzene rings is 3. The van der Waals surface area contributed by atoms with Crippen molar-refractivity contribution in [3.05, 3.63) is 102 Å². The van der Waals surface area contributed by atoms with E-state index in [2.05, 4.69) is 17.8 Å². The van der Waals surface area contributed by atoms with Crippen LogP contribution in [-0.4, -0.2) is 18.4 Å². The maximum atomic E-state index is 12.8. The van der Waals surface area contributed by atoms with Gasteiger partial charge in [0.2, 0.25) is 5.91 Å². The summed E-state index contributed by atoms with van der Waals surface area (Å²) in [6, 6.07) is 26.5. The lowest BCUT2D eigenvalue weighted by molar-refractivity contribution is -0.130. The first-order valence-electron chi connectivity index (χ1n) is 9.57. The number of carbonyl (C=O) groups excluding carboxylic acids is 2. The van der Waals surface area contributed by atoms with Crippen LogP contribution in [0.1, 0.15) is 29.5 Å². The van der Waals surface area contributed by atoms with Gasteiger partial charge in [-0.25, -0.2) is 0 Å². The zero-order valence-corrected chi connectivity index (χ0v) is 16.3. The first kappa shape index (κ1) is 20.1. The van der Waals surface area contributed by atoms with Crippen LogP contribution in [0.3, 0.4) is 0 Å². The topological polar surface area (TPSA) is 67.4 Å². The number of nitrogens with one attached hydrogen (secondary N) is 2. The number of hydrazine groups is 1. The van der Waals surface area contributed by atoms with E-state index in [1.807, 2.05) is 78.9 Å². The minimum Gasteiger partial charge on any atom is -0.484 e. The Morgan fingerprint density at radius 2 is 1.45 bits per heavy atom. The van der Waals surface area contributed by atoms with Crippen LogP contribution in [0.15, 0.2) is 84.9 Å². The van der Waals surface area contributed by atoms with Crippen LogP contribution in [0, 0.1) is 0 Å². The highest BCUT2D eigenvalue weighted by atomic mass is 16.5. The number of aryl methyl sites for hydroxylation is 1. The van der Waals surface area contributed by atoms with Gasteiger partial charge in [-0.2, -0.15) is 0 Å². The second-order valence-corrected chi connectivity index (χ2v) is 6.58. The highest BCUT2D eigenvalue weighted by molar-refractivity contribution is 5.89. The second kappa shape index (κ2) is 10.1. The lowest BCUT2D eigenvalue weighted by atomic mass is 9.91.